The molecular weight excluding hydrogens is 646 g/mol. The highest BCUT2D eigenvalue weighted by atomic mass is 35.5. The molecule has 2 fully saturated rings. The summed E-state index contributed by atoms with van der Waals surface area (Å²) in [6.45, 7) is 6.33. The van der Waals surface area contributed by atoms with Gasteiger partial charge in [-0.05, 0) is 37.8 Å². The van der Waals surface area contributed by atoms with Gasteiger partial charge in [-0.3, -0.25) is 9.21 Å². The topological polar surface area (TPSA) is 131 Å². The van der Waals surface area contributed by atoms with Crippen molar-refractivity contribution in [2.75, 3.05) is 92.9 Å². The normalized spacial score (nSPS) is 18.2. The first kappa shape index (κ1) is 33.2. The fourth-order valence-corrected chi connectivity index (χ4v) is 6.73. The SMILES string of the molecule is COc1cc(N2CCC(N3CCOCC3)CC2)c2cc1Nc1ncc(Cl)c(n1)Nc1ccc(cc1N(C)S(C)(=O)=O)OCCCCO2. The highest BCUT2D eigenvalue weighted by Crippen LogP contribution is 2.42. The van der Waals surface area contributed by atoms with E-state index in [4.69, 9.17) is 30.5 Å². The average Bonchev–Trinajstić information content (AvgIpc) is 3.07. The summed E-state index contributed by atoms with van der Waals surface area (Å²) in [5.41, 5.74) is 2.48. The molecule has 2 saturated heterocycles. The first-order valence-electron chi connectivity index (χ1n) is 15.9. The third-order valence-corrected chi connectivity index (χ3v) is 10.2. The van der Waals surface area contributed by atoms with Gasteiger partial charge in [-0.1, -0.05) is 11.6 Å². The van der Waals surface area contributed by atoms with Crippen LogP contribution in [0.1, 0.15) is 25.7 Å². The minimum Gasteiger partial charge on any atom is -0.494 e. The number of nitrogens with one attached hydrogen (secondary N) is 2. The molecule has 4 aliphatic rings. The minimum atomic E-state index is -3.58. The summed E-state index contributed by atoms with van der Waals surface area (Å²) < 4.78 is 50.1. The smallest absolute Gasteiger partial charge is 0.232 e. The van der Waals surface area contributed by atoms with Gasteiger partial charge in [-0.25, -0.2) is 13.4 Å². The maximum atomic E-state index is 12.5. The number of hydrogen-bond donors (Lipinski definition) is 2. The molecule has 254 valence electrons. The molecule has 1 aromatic heterocycles. The van der Waals surface area contributed by atoms with Gasteiger partial charge in [0.15, 0.2) is 5.82 Å². The number of sulfonamides is 1. The lowest BCUT2D eigenvalue weighted by Gasteiger charge is -2.41. The summed E-state index contributed by atoms with van der Waals surface area (Å²) in [5.74, 6) is 2.46. The highest BCUT2D eigenvalue weighted by Gasteiger charge is 2.28. The van der Waals surface area contributed by atoms with Crippen LogP contribution >= 0.6 is 11.6 Å². The van der Waals surface area contributed by atoms with Gasteiger partial charge in [-0.15, -0.1) is 0 Å². The number of methoxy groups -OCH3 is 1. The van der Waals surface area contributed by atoms with Crippen molar-refractivity contribution in [3.8, 4) is 17.2 Å². The molecule has 0 unspecified atom stereocenters. The summed E-state index contributed by atoms with van der Waals surface area (Å²) in [4.78, 5) is 14.0. The number of halogens is 1. The lowest BCUT2D eigenvalue weighted by molar-refractivity contribution is 0.0115. The zero-order chi connectivity index (χ0) is 33.0. The summed E-state index contributed by atoms with van der Waals surface area (Å²) in [6, 6.07) is 9.70. The number of benzene rings is 2. The largest absolute Gasteiger partial charge is 0.494 e. The van der Waals surface area contributed by atoms with E-state index in [0.717, 1.165) is 82.8 Å². The number of anilines is 6. The van der Waals surface area contributed by atoms with Crippen molar-refractivity contribution in [3.05, 3.63) is 41.6 Å². The Balaban J connectivity index is 1.31. The molecule has 0 amide bonds. The molecule has 0 spiro atoms. The van der Waals surface area contributed by atoms with Crippen LogP contribution in [-0.2, 0) is 14.8 Å². The highest BCUT2D eigenvalue weighted by molar-refractivity contribution is 7.92. The summed E-state index contributed by atoms with van der Waals surface area (Å²) in [6.07, 6.45) is 6.25. The molecule has 0 radical (unpaired) electrons. The van der Waals surface area contributed by atoms with Gasteiger partial charge < -0.3 is 34.5 Å². The van der Waals surface area contributed by atoms with Crippen molar-refractivity contribution >= 4 is 56.1 Å². The monoisotopic (exact) mass is 687 g/mol. The lowest BCUT2D eigenvalue weighted by Crippen LogP contribution is -2.49. The van der Waals surface area contributed by atoms with Crippen LogP contribution in [0.5, 0.6) is 17.2 Å². The molecule has 4 aliphatic heterocycles. The van der Waals surface area contributed by atoms with Crippen LogP contribution < -0.4 is 34.0 Å². The van der Waals surface area contributed by atoms with E-state index in [-0.39, 0.29) is 16.8 Å². The third-order valence-electron chi connectivity index (χ3n) is 8.76. The summed E-state index contributed by atoms with van der Waals surface area (Å²) in [7, 11) is -0.462. The van der Waals surface area contributed by atoms with Crippen molar-refractivity contribution < 1.29 is 27.4 Å². The van der Waals surface area contributed by atoms with Gasteiger partial charge in [0, 0.05) is 57.5 Å². The Bertz CT molecular complexity index is 1670. The van der Waals surface area contributed by atoms with Gasteiger partial charge in [0.1, 0.15) is 22.3 Å². The Morgan fingerprint density at radius 2 is 1.72 bits per heavy atom. The van der Waals surface area contributed by atoms with E-state index in [1.807, 2.05) is 12.1 Å². The zero-order valence-corrected chi connectivity index (χ0v) is 28.6. The van der Waals surface area contributed by atoms with Gasteiger partial charge in [0.25, 0.3) is 0 Å². The zero-order valence-electron chi connectivity index (χ0n) is 27.0. The maximum absolute atomic E-state index is 12.5. The van der Waals surface area contributed by atoms with Gasteiger partial charge in [0.05, 0.1) is 68.7 Å². The molecule has 47 heavy (non-hydrogen) atoms. The van der Waals surface area contributed by atoms with Crippen LogP contribution in [0.4, 0.5) is 34.5 Å². The van der Waals surface area contributed by atoms with Crippen molar-refractivity contribution in [1.82, 2.24) is 14.9 Å². The van der Waals surface area contributed by atoms with Crippen LogP contribution in [0.25, 0.3) is 0 Å². The van der Waals surface area contributed by atoms with Crippen LogP contribution in [0.3, 0.4) is 0 Å². The molecule has 6 bridgehead atoms. The van der Waals surface area contributed by atoms with E-state index in [1.54, 1.807) is 25.3 Å². The summed E-state index contributed by atoms with van der Waals surface area (Å²) in [5, 5.41) is 6.72. The minimum absolute atomic E-state index is 0.255. The van der Waals surface area contributed by atoms with Crippen molar-refractivity contribution in [2.45, 2.75) is 31.7 Å². The molecule has 7 rings (SSSR count). The van der Waals surface area contributed by atoms with E-state index < -0.39 is 10.0 Å². The number of aromatic nitrogens is 2. The Labute approximate surface area is 281 Å². The molecule has 15 heteroatoms. The molecule has 2 aromatic carbocycles. The van der Waals surface area contributed by atoms with Gasteiger partial charge in [-0.2, -0.15) is 4.98 Å². The first-order chi connectivity index (χ1) is 22.7. The van der Waals surface area contributed by atoms with E-state index in [1.165, 1.54) is 17.5 Å². The molecule has 13 nitrogen and oxygen atoms in total. The molecule has 0 saturated carbocycles. The maximum Gasteiger partial charge on any atom is 0.232 e. The first-order valence-corrected chi connectivity index (χ1v) is 18.1. The van der Waals surface area contributed by atoms with E-state index >= 15 is 0 Å². The molecule has 2 N–H and O–H groups in total. The fraction of sp³-hybridized carbons (Fsp3) is 0.500. The molecule has 3 aromatic rings. The number of hydrogen-bond acceptors (Lipinski definition) is 12. The number of piperidine rings is 1. The Morgan fingerprint density at radius 3 is 2.45 bits per heavy atom. The average molecular weight is 688 g/mol. The number of fused-ring (bicyclic) bond motifs is 7. The van der Waals surface area contributed by atoms with E-state index in [9.17, 15) is 8.42 Å². The Hall–Kier alpha value is -3.72. The molecular formula is C32H42ClN7O6S. The Kier molecular flexibility index (Phi) is 10.3. The predicted molar refractivity (Wildman–Crippen MR) is 184 cm³/mol. The van der Waals surface area contributed by atoms with Crippen LogP contribution in [0, 0.1) is 0 Å². The second-order valence-corrected chi connectivity index (χ2v) is 14.3. The second-order valence-electron chi connectivity index (χ2n) is 11.8. The number of nitrogens with zero attached hydrogens (tertiary/aromatic N) is 5. The van der Waals surface area contributed by atoms with Crippen LogP contribution in [0.2, 0.25) is 5.02 Å². The van der Waals surface area contributed by atoms with E-state index in [0.29, 0.717) is 47.8 Å². The van der Waals surface area contributed by atoms with Crippen molar-refractivity contribution in [3.63, 3.8) is 0 Å². The standard InChI is InChI=1S/C32H42ClN7O6S/c1-38(47(3,41)42)27-18-23-6-7-25(27)35-31-24(33)21-34-32(37-31)36-26-19-30(46-15-5-4-14-45-23)28(20-29(26)43-2)40-10-8-22(9-11-40)39-12-16-44-17-13-39/h6-7,18-22H,4-5,8-17H2,1-3H3,(H2,34,35,36,37). The lowest BCUT2D eigenvalue weighted by atomic mass is 10.0. The number of rotatable bonds is 5. The van der Waals surface area contributed by atoms with Crippen LogP contribution in [0.15, 0.2) is 36.5 Å². The van der Waals surface area contributed by atoms with Gasteiger partial charge >= 0.3 is 0 Å². The second kappa shape index (κ2) is 14.6. The quantitative estimate of drug-likeness (QED) is 0.379. The van der Waals surface area contributed by atoms with Crippen LogP contribution in [-0.4, -0.2) is 102 Å². The Morgan fingerprint density at radius 1 is 0.979 bits per heavy atom. The van der Waals surface area contributed by atoms with Crippen molar-refractivity contribution in [1.29, 1.82) is 0 Å². The summed E-state index contributed by atoms with van der Waals surface area (Å²) >= 11 is 6.52. The van der Waals surface area contributed by atoms with Gasteiger partial charge in [0.2, 0.25) is 16.0 Å². The van der Waals surface area contributed by atoms with E-state index in [2.05, 4.69) is 30.4 Å². The predicted octanol–water partition coefficient (Wildman–Crippen LogP) is 4.87. The molecule has 5 heterocycles. The number of ether oxygens (including phenoxy) is 4. The number of morpholine rings is 1. The van der Waals surface area contributed by atoms with Crippen molar-refractivity contribution in [2.24, 2.45) is 0 Å². The molecule has 0 atom stereocenters. The fourth-order valence-electron chi connectivity index (χ4n) is 6.08. The third kappa shape index (κ3) is 7.88. The molecule has 0 aliphatic carbocycles.